The van der Waals surface area contributed by atoms with Gasteiger partial charge in [0.2, 0.25) is 5.91 Å². The van der Waals surface area contributed by atoms with Gasteiger partial charge in [-0.15, -0.1) is 0 Å². The molecule has 20 heavy (non-hydrogen) atoms. The van der Waals surface area contributed by atoms with Crippen LogP contribution in [-0.4, -0.2) is 10.8 Å². The third-order valence-corrected chi connectivity index (χ3v) is 2.57. The van der Waals surface area contributed by atoms with Crippen LogP contribution in [0.1, 0.15) is 10.4 Å². The Kier molecular flexibility index (Phi) is 3.52. The molecule has 0 radical (unpaired) electrons. The molecule has 4 N–H and O–H groups in total. The fourth-order valence-electron chi connectivity index (χ4n) is 1.56. The summed E-state index contributed by atoms with van der Waals surface area (Å²) in [5.41, 5.74) is 11.2. The average Bonchev–Trinajstić information content (AvgIpc) is 2.41. The van der Waals surface area contributed by atoms with Gasteiger partial charge in [0.25, 0.3) is 5.69 Å². The lowest BCUT2D eigenvalue weighted by atomic mass is 10.2. The summed E-state index contributed by atoms with van der Waals surface area (Å²) in [6, 6.07) is 10.1. The highest BCUT2D eigenvalue weighted by Gasteiger charge is 2.10. The second-order valence-electron chi connectivity index (χ2n) is 3.97. The summed E-state index contributed by atoms with van der Waals surface area (Å²) < 4.78 is 5.48. The summed E-state index contributed by atoms with van der Waals surface area (Å²) in [4.78, 5) is 21.0. The Morgan fingerprint density at radius 1 is 1.15 bits per heavy atom. The lowest BCUT2D eigenvalue weighted by molar-refractivity contribution is -0.384. The van der Waals surface area contributed by atoms with E-state index in [2.05, 4.69) is 0 Å². The fourth-order valence-corrected chi connectivity index (χ4v) is 1.56. The van der Waals surface area contributed by atoms with Crippen molar-refractivity contribution in [2.24, 2.45) is 5.73 Å². The lowest BCUT2D eigenvalue weighted by Crippen LogP contribution is -2.10. The highest BCUT2D eigenvalue weighted by Crippen LogP contribution is 2.30. The van der Waals surface area contributed by atoms with Gasteiger partial charge in [-0.3, -0.25) is 14.9 Å². The number of benzene rings is 2. The SMILES string of the molecule is NC(=O)c1ccc(Oc2ccc([N+](=O)[O-])cc2N)cc1. The van der Waals surface area contributed by atoms with Gasteiger partial charge in [0.05, 0.1) is 10.6 Å². The molecule has 1 amide bonds. The van der Waals surface area contributed by atoms with Gasteiger partial charge in [0, 0.05) is 17.7 Å². The van der Waals surface area contributed by atoms with Crippen LogP contribution in [0.4, 0.5) is 11.4 Å². The molecule has 0 aliphatic carbocycles. The monoisotopic (exact) mass is 273 g/mol. The number of amides is 1. The first-order valence-electron chi connectivity index (χ1n) is 5.59. The van der Waals surface area contributed by atoms with E-state index in [1.807, 2.05) is 0 Å². The molecule has 2 aromatic rings. The normalized spacial score (nSPS) is 10.0. The van der Waals surface area contributed by atoms with Crippen LogP contribution in [0.15, 0.2) is 42.5 Å². The van der Waals surface area contributed by atoms with E-state index in [9.17, 15) is 14.9 Å². The van der Waals surface area contributed by atoms with Crippen molar-refractivity contribution in [1.82, 2.24) is 0 Å². The third kappa shape index (κ3) is 2.83. The smallest absolute Gasteiger partial charge is 0.271 e. The molecule has 0 aliphatic rings. The standard InChI is InChI=1S/C13H11N3O4/c14-11-7-9(16(18)19)3-6-12(11)20-10-4-1-8(2-5-10)13(15)17/h1-7H,14H2,(H2,15,17). The fraction of sp³-hybridized carbons (Fsp3) is 0. The van der Waals surface area contributed by atoms with Gasteiger partial charge >= 0.3 is 0 Å². The summed E-state index contributed by atoms with van der Waals surface area (Å²) in [7, 11) is 0. The molecule has 0 spiro atoms. The molecule has 2 rings (SSSR count). The molecule has 0 aromatic heterocycles. The maximum atomic E-state index is 10.9. The van der Waals surface area contributed by atoms with Crippen molar-refractivity contribution in [1.29, 1.82) is 0 Å². The molecule has 0 saturated carbocycles. The predicted molar refractivity (Wildman–Crippen MR) is 72.5 cm³/mol. The molecule has 0 fully saturated rings. The number of primary amides is 1. The first-order chi connectivity index (χ1) is 9.47. The van der Waals surface area contributed by atoms with Crippen LogP contribution in [0.3, 0.4) is 0 Å². The number of nitro groups is 1. The van der Waals surface area contributed by atoms with Gasteiger partial charge in [0.1, 0.15) is 5.75 Å². The number of nitro benzene ring substituents is 1. The quantitative estimate of drug-likeness (QED) is 0.501. The molecule has 2 aromatic carbocycles. The Balaban J connectivity index is 2.21. The van der Waals surface area contributed by atoms with Crippen LogP contribution in [0.25, 0.3) is 0 Å². The van der Waals surface area contributed by atoms with Crippen LogP contribution in [0, 0.1) is 10.1 Å². The molecule has 0 unspecified atom stereocenters. The van der Waals surface area contributed by atoms with Crippen LogP contribution < -0.4 is 16.2 Å². The van der Waals surface area contributed by atoms with E-state index in [1.165, 1.54) is 30.3 Å². The number of rotatable bonds is 4. The maximum Gasteiger partial charge on any atom is 0.271 e. The van der Waals surface area contributed by atoms with Crippen molar-refractivity contribution in [3.05, 3.63) is 58.1 Å². The highest BCUT2D eigenvalue weighted by atomic mass is 16.6. The molecule has 0 aliphatic heterocycles. The van der Waals surface area contributed by atoms with Crippen LogP contribution >= 0.6 is 0 Å². The Bertz CT molecular complexity index is 668. The van der Waals surface area contributed by atoms with E-state index in [1.54, 1.807) is 12.1 Å². The number of nitrogen functional groups attached to an aromatic ring is 1. The topological polar surface area (TPSA) is 121 Å². The number of ether oxygens (including phenoxy) is 1. The Morgan fingerprint density at radius 2 is 1.80 bits per heavy atom. The number of non-ortho nitro benzene ring substituents is 1. The van der Waals surface area contributed by atoms with Crippen molar-refractivity contribution in [3.63, 3.8) is 0 Å². The molecule has 0 bridgehead atoms. The largest absolute Gasteiger partial charge is 0.455 e. The summed E-state index contributed by atoms with van der Waals surface area (Å²) in [5.74, 6) is 0.198. The van der Waals surface area contributed by atoms with E-state index >= 15 is 0 Å². The van der Waals surface area contributed by atoms with Crippen LogP contribution in [0.5, 0.6) is 11.5 Å². The van der Waals surface area contributed by atoms with Gasteiger partial charge in [-0.1, -0.05) is 0 Å². The first-order valence-corrected chi connectivity index (χ1v) is 5.59. The van der Waals surface area contributed by atoms with E-state index in [0.717, 1.165) is 0 Å². The summed E-state index contributed by atoms with van der Waals surface area (Å²) >= 11 is 0. The number of nitrogens with two attached hydrogens (primary N) is 2. The van der Waals surface area contributed by atoms with Crippen LogP contribution in [-0.2, 0) is 0 Å². The number of carbonyl (C=O) groups is 1. The van der Waals surface area contributed by atoms with E-state index in [0.29, 0.717) is 17.1 Å². The number of anilines is 1. The van der Waals surface area contributed by atoms with E-state index in [4.69, 9.17) is 16.2 Å². The zero-order chi connectivity index (χ0) is 14.7. The Hall–Kier alpha value is -3.09. The molecular formula is C13H11N3O4. The zero-order valence-electron chi connectivity index (χ0n) is 10.3. The lowest BCUT2D eigenvalue weighted by Gasteiger charge is -2.08. The summed E-state index contributed by atoms with van der Waals surface area (Å²) in [5, 5.41) is 10.6. The second kappa shape index (κ2) is 5.27. The predicted octanol–water partition coefficient (Wildman–Crippen LogP) is 2.07. The first kappa shape index (κ1) is 13.3. The number of hydrogen-bond acceptors (Lipinski definition) is 5. The molecule has 0 atom stereocenters. The molecule has 0 saturated heterocycles. The molecule has 102 valence electrons. The van der Waals surface area contributed by atoms with Crippen molar-refractivity contribution in [3.8, 4) is 11.5 Å². The van der Waals surface area contributed by atoms with Crippen molar-refractivity contribution in [2.45, 2.75) is 0 Å². The maximum absolute atomic E-state index is 10.9. The number of hydrogen-bond donors (Lipinski definition) is 2. The minimum atomic E-state index is -0.540. The van der Waals surface area contributed by atoms with Crippen LogP contribution in [0.2, 0.25) is 0 Å². The van der Waals surface area contributed by atoms with Crippen molar-refractivity contribution >= 4 is 17.3 Å². The van der Waals surface area contributed by atoms with Gasteiger partial charge in [-0.05, 0) is 30.3 Å². The summed E-state index contributed by atoms with van der Waals surface area (Å²) in [6.07, 6.45) is 0. The molecule has 7 nitrogen and oxygen atoms in total. The summed E-state index contributed by atoms with van der Waals surface area (Å²) in [6.45, 7) is 0. The minimum absolute atomic E-state index is 0.112. The van der Waals surface area contributed by atoms with Gasteiger partial charge in [0.15, 0.2) is 5.75 Å². The second-order valence-corrected chi connectivity index (χ2v) is 3.97. The van der Waals surface area contributed by atoms with E-state index < -0.39 is 10.8 Å². The molecule has 0 heterocycles. The van der Waals surface area contributed by atoms with Crippen molar-refractivity contribution < 1.29 is 14.5 Å². The molecule has 7 heteroatoms. The Morgan fingerprint density at radius 3 is 2.30 bits per heavy atom. The van der Waals surface area contributed by atoms with Gasteiger partial charge in [-0.25, -0.2) is 0 Å². The van der Waals surface area contributed by atoms with Gasteiger partial charge < -0.3 is 16.2 Å². The zero-order valence-corrected chi connectivity index (χ0v) is 10.3. The number of carbonyl (C=O) groups excluding carboxylic acids is 1. The molecular weight excluding hydrogens is 262 g/mol. The third-order valence-electron chi connectivity index (χ3n) is 2.57. The Labute approximate surface area is 113 Å². The number of nitrogens with zero attached hydrogens (tertiary/aromatic N) is 1. The minimum Gasteiger partial charge on any atom is -0.455 e. The average molecular weight is 273 g/mol. The van der Waals surface area contributed by atoms with Crippen molar-refractivity contribution in [2.75, 3.05) is 5.73 Å². The van der Waals surface area contributed by atoms with E-state index in [-0.39, 0.29) is 11.4 Å². The van der Waals surface area contributed by atoms with Gasteiger partial charge in [-0.2, -0.15) is 0 Å². The highest BCUT2D eigenvalue weighted by molar-refractivity contribution is 5.92.